The zero-order valence-corrected chi connectivity index (χ0v) is 10.9. The van der Waals surface area contributed by atoms with Gasteiger partial charge in [-0.2, -0.15) is 5.26 Å². The van der Waals surface area contributed by atoms with Crippen LogP contribution in [0.1, 0.15) is 30.9 Å². The van der Waals surface area contributed by atoms with E-state index in [1.54, 1.807) is 12.1 Å². The SMILES string of the molecule is CC(C1CC1)N(C)C(=O)Cc1ccc(C#N)cc1. The summed E-state index contributed by atoms with van der Waals surface area (Å²) in [5.74, 6) is 0.846. The molecule has 3 heteroatoms. The average Bonchev–Trinajstić information content (AvgIpc) is 3.22. The molecule has 0 spiro atoms. The van der Waals surface area contributed by atoms with Gasteiger partial charge in [0.05, 0.1) is 18.1 Å². The Labute approximate surface area is 108 Å². The summed E-state index contributed by atoms with van der Waals surface area (Å²) in [5, 5.41) is 8.71. The molecule has 3 nitrogen and oxygen atoms in total. The zero-order chi connectivity index (χ0) is 13.1. The highest BCUT2D eigenvalue weighted by Gasteiger charge is 2.32. The number of amides is 1. The third-order valence-corrected chi connectivity index (χ3v) is 3.75. The highest BCUT2D eigenvalue weighted by atomic mass is 16.2. The van der Waals surface area contributed by atoms with E-state index < -0.39 is 0 Å². The van der Waals surface area contributed by atoms with E-state index in [1.807, 2.05) is 24.1 Å². The molecule has 0 aliphatic heterocycles. The number of carbonyl (C=O) groups is 1. The van der Waals surface area contributed by atoms with E-state index in [4.69, 9.17) is 5.26 Å². The van der Waals surface area contributed by atoms with Gasteiger partial charge in [0, 0.05) is 13.1 Å². The number of likely N-dealkylation sites (N-methyl/N-ethyl adjacent to an activating group) is 1. The fourth-order valence-electron chi connectivity index (χ4n) is 2.12. The smallest absolute Gasteiger partial charge is 0.226 e. The van der Waals surface area contributed by atoms with Gasteiger partial charge in [-0.3, -0.25) is 4.79 Å². The molecule has 0 heterocycles. The van der Waals surface area contributed by atoms with Gasteiger partial charge in [0.2, 0.25) is 5.91 Å². The highest BCUT2D eigenvalue weighted by molar-refractivity contribution is 5.78. The van der Waals surface area contributed by atoms with Crippen LogP contribution in [0.2, 0.25) is 0 Å². The summed E-state index contributed by atoms with van der Waals surface area (Å²) in [6, 6.07) is 9.64. The fraction of sp³-hybridized carbons (Fsp3) is 0.467. The van der Waals surface area contributed by atoms with E-state index in [-0.39, 0.29) is 5.91 Å². The van der Waals surface area contributed by atoms with Gasteiger partial charge in [0.1, 0.15) is 0 Å². The predicted molar refractivity (Wildman–Crippen MR) is 69.8 cm³/mol. The lowest BCUT2D eigenvalue weighted by molar-refractivity contribution is -0.131. The van der Waals surface area contributed by atoms with Crippen molar-refractivity contribution in [3.8, 4) is 6.07 Å². The third kappa shape index (κ3) is 2.89. The average molecular weight is 242 g/mol. The van der Waals surface area contributed by atoms with Crippen molar-refractivity contribution in [1.29, 1.82) is 5.26 Å². The Balaban J connectivity index is 1.95. The fourth-order valence-corrected chi connectivity index (χ4v) is 2.12. The number of hydrogen-bond acceptors (Lipinski definition) is 2. The molecule has 18 heavy (non-hydrogen) atoms. The van der Waals surface area contributed by atoms with Crippen molar-refractivity contribution in [3.05, 3.63) is 35.4 Å². The lowest BCUT2D eigenvalue weighted by Gasteiger charge is -2.25. The number of nitrogens with zero attached hydrogens (tertiary/aromatic N) is 2. The topological polar surface area (TPSA) is 44.1 Å². The van der Waals surface area contributed by atoms with E-state index in [0.717, 1.165) is 5.56 Å². The third-order valence-electron chi connectivity index (χ3n) is 3.75. The lowest BCUT2D eigenvalue weighted by atomic mass is 10.1. The molecule has 1 fully saturated rings. The van der Waals surface area contributed by atoms with Crippen molar-refractivity contribution < 1.29 is 4.79 Å². The molecule has 0 radical (unpaired) electrons. The van der Waals surface area contributed by atoms with Crippen molar-refractivity contribution >= 4 is 5.91 Å². The van der Waals surface area contributed by atoms with Crippen LogP contribution in [-0.4, -0.2) is 23.9 Å². The zero-order valence-electron chi connectivity index (χ0n) is 10.9. The number of carbonyl (C=O) groups excluding carboxylic acids is 1. The Morgan fingerprint density at radius 3 is 2.56 bits per heavy atom. The first-order valence-electron chi connectivity index (χ1n) is 6.36. The molecule has 0 saturated heterocycles. The first-order chi connectivity index (χ1) is 8.61. The molecule has 1 aromatic rings. The Morgan fingerprint density at radius 1 is 1.44 bits per heavy atom. The summed E-state index contributed by atoms with van der Waals surface area (Å²) in [7, 11) is 1.88. The molecule has 1 atom stereocenters. The van der Waals surface area contributed by atoms with Crippen LogP contribution >= 0.6 is 0 Å². The molecule has 1 amide bonds. The predicted octanol–water partition coefficient (Wildman–Crippen LogP) is 2.36. The van der Waals surface area contributed by atoms with E-state index in [0.29, 0.717) is 23.9 Å². The molecule has 0 bridgehead atoms. The van der Waals surface area contributed by atoms with Crippen molar-refractivity contribution in [2.24, 2.45) is 5.92 Å². The first-order valence-corrected chi connectivity index (χ1v) is 6.36. The Hall–Kier alpha value is -1.82. The highest BCUT2D eigenvalue weighted by Crippen LogP contribution is 2.34. The Morgan fingerprint density at radius 2 is 2.06 bits per heavy atom. The minimum absolute atomic E-state index is 0.152. The number of nitriles is 1. The normalized spacial score (nSPS) is 15.8. The number of benzene rings is 1. The Kier molecular flexibility index (Phi) is 3.66. The van der Waals surface area contributed by atoms with E-state index in [2.05, 4.69) is 13.0 Å². The van der Waals surface area contributed by atoms with Crippen molar-refractivity contribution in [2.75, 3.05) is 7.05 Å². The van der Waals surface area contributed by atoms with E-state index in [1.165, 1.54) is 12.8 Å². The minimum atomic E-state index is 0.152. The molecular formula is C15H18N2O. The maximum Gasteiger partial charge on any atom is 0.226 e. The molecule has 1 unspecified atom stereocenters. The molecular weight excluding hydrogens is 224 g/mol. The molecule has 94 valence electrons. The van der Waals surface area contributed by atoms with Gasteiger partial charge >= 0.3 is 0 Å². The van der Waals surface area contributed by atoms with E-state index >= 15 is 0 Å². The van der Waals surface area contributed by atoms with Gasteiger partial charge in [-0.1, -0.05) is 12.1 Å². The van der Waals surface area contributed by atoms with Crippen molar-refractivity contribution in [1.82, 2.24) is 4.90 Å². The second-order valence-corrected chi connectivity index (χ2v) is 5.07. The van der Waals surface area contributed by atoms with Gasteiger partial charge < -0.3 is 4.90 Å². The molecule has 2 rings (SSSR count). The van der Waals surface area contributed by atoms with Crippen LogP contribution in [0, 0.1) is 17.2 Å². The Bertz CT molecular complexity index is 468. The number of hydrogen-bond donors (Lipinski definition) is 0. The second kappa shape index (κ2) is 5.22. The van der Waals surface area contributed by atoms with Gasteiger partial charge in [-0.15, -0.1) is 0 Å². The van der Waals surface area contributed by atoms with Crippen LogP contribution < -0.4 is 0 Å². The van der Waals surface area contributed by atoms with Crippen LogP contribution in [0.3, 0.4) is 0 Å². The van der Waals surface area contributed by atoms with Crippen LogP contribution in [0.4, 0.5) is 0 Å². The number of rotatable bonds is 4. The van der Waals surface area contributed by atoms with Crippen LogP contribution in [0.5, 0.6) is 0 Å². The molecule has 1 aliphatic carbocycles. The monoisotopic (exact) mass is 242 g/mol. The van der Waals surface area contributed by atoms with Gasteiger partial charge in [0.25, 0.3) is 0 Å². The molecule has 1 aromatic carbocycles. The summed E-state index contributed by atoms with van der Waals surface area (Å²) in [5.41, 5.74) is 1.60. The summed E-state index contributed by atoms with van der Waals surface area (Å²) in [6.45, 7) is 2.12. The van der Waals surface area contributed by atoms with Gasteiger partial charge in [-0.25, -0.2) is 0 Å². The van der Waals surface area contributed by atoms with Crippen LogP contribution in [0.15, 0.2) is 24.3 Å². The lowest BCUT2D eigenvalue weighted by Crippen LogP contribution is -2.37. The second-order valence-electron chi connectivity index (χ2n) is 5.07. The molecule has 0 aromatic heterocycles. The van der Waals surface area contributed by atoms with Crippen LogP contribution in [0.25, 0.3) is 0 Å². The summed E-state index contributed by atoms with van der Waals surface area (Å²) >= 11 is 0. The first kappa shape index (κ1) is 12.6. The van der Waals surface area contributed by atoms with Crippen molar-refractivity contribution in [2.45, 2.75) is 32.2 Å². The molecule has 0 N–H and O–H groups in total. The largest absolute Gasteiger partial charge is 0.342 e. The molecule has 1 aliphatic rings. The van der Waals surface area contributed by atoms with E-state index in [9.17, 15) is 4.79 Å². The van der Waals surface area contributed by atoms with Gasteiger partial charge in [0.15, 0.2) is 0 Å². The van der Waals surface area contributed by atoms with Crippen LogP contribution in [-0.2, 0) is 11.2 Å². The standard InChI is InChI=1S/C15H18N2O/c1-11(14-7-8-14)17(2)15(18)9-12-3-5-13(10-16)6-4-12/h3-6,11,14H,7-9H2,1-2H3. The maximum absolute atomic E-state index is 12.1. The quantitative estimate of drug-likeness (QED) is 0.813. The summed E-state index contributed by atoms with van der Waals surface area (Å²) in [6.07, 6.45) is 2.91. The summed E-state index contributed by atoms with van der Waals surface area (Å²) < 4.78 is 0. The minimum Gasteiger partial charge on any atom is -0.342 e. The summed E-state index contributed by atoms with van der Waals surface area (Å²) in [4.78, 5) is 14.0. The van der Waals surface area contributed by atoms with Crippen molar-refractivity contribution in [3.63, 3.8) is 0 Å². The van der Waals surface area contributed by atoms with Gasteiger partial charge in [-0.05, 0) is 43.4 Å². The maximum atomic E-state index is 12.1. The molecule has 1 saturated carbocycles.